The summed E-state index contributed by atoms with van der Waals surface area (Å²) < 4.78 is 1.02. The predicted octanol–water partition coefficient (Wildman–Crippen LogP) is 3.54. The van der Waals surface area contributed by atoms with Gasteiger partial charge in [-0.25, -0.2) is 9.97 Å². The quantitative estimate of drug-likeness (QED) is 0.421. The Balaban J connectivity index is 2.94. The van der Waals surface area contributed by atoms with Crippen LogP contribution in [0.3, 0.4) is 0 Å². The summed E-state index contributed by atoms with van der Waals surface area (Å²) in [5.41, 5.74) is 0.775. The van der Waals surface area contributed by atoms with E-state index in [0.29, 0.717) is 5.15 Å². The maximum absolute atomic E-state index is 5.93. The van der Waals surface area contributed by atoms with Crippen LogP contribution in [0, 0.1) is 3.57 Å². The molecule has 2 rings (SSSR count). The highest BCUT2D eigenvalue weighted by atomic mass is 127. The Hall–Kier alpha value is -0.130. The van der Waals surface area contributed by atoms with Crippen LogP contribution in [0.4, 0.5) is 0 Å². The lowest BCUT2D eigenvalue weighted by atomic mass is 10.2. The first-order valence-corrected chi connectivity index (χ1v) is 5.29. The molecule has 5 heteroatoms. The second-order valence-electron chi connectivity index (χ2n) is 2.42. The molecule has 0 aliphatic rings. The molecule has 0 unspecified atom stereocenters. The van der Waals surface area contributed by atoms with Crippen LogP contribution in [0.15, 0.2) is 18.2 Å². The maximum Gasteiger partial charge on any atom is 0.224 e. The lowest BCUT2D eigenvalue weighted by Gasteiger charge is -2.01. The molecule has 0 aliphatic carbocycles. The molecule has 1 aromatic carbocycles. The van der Waals surface area contributed by atoms with Gasteiger partial charge in [-0.15, -0.1) is 0 Å². The molecule has 0 atom stereocenters. The molecule has 1 aromatic heterocycles. The molecule has 0 N–H and O–H groups in total. The number of hydrogen-bond donors (Lipinski definition) is 0. The summed E-state index contributed by atoms with van der Waals surface area (Å²) in [6.07, 6.45) is 0. The van der Waals surface area contributed by atoms with Crippen molar-refractivity contribution in [1.29, 1.82) is 0 Å². The molecule has 0 saturated carbocycles. The largest absolute Gasteiger partial charge is 0.224 e. The summed E-state index contributed by atoms with van der Waals surface area (Å²) in [4.78, 5) is 7.94. The van der Waals surface area contributed by atoms with Gasteiger partial charge in [-0.3, -0.25) is 0 Å². The molecule has 66 valence electrons. The Morgan fingerprint density at radius 2 is 1.92 bits per heavy atom. The fourth-order valence-electron chi connectivity index (χ4n) is 1.07. The molecule has 0 aliphatic heterocycles. The van der Waals surface area contributed by atoms with Crippen LogP contribution in [0.1, 0.15) is 0 Å². The van der Waals surface area contributed by atoms with E-state index >= 15 is 0 Å². The van der Waals surface area contributed by atoms with Crippen molar-refractivity contribution < 1.29 is 0 Å². The van der Waals surface area contributed by atoms with E-state index in [1.165, 1.54) is 0 Å². The molecule has 0 fully saturated rings. The standard InChI is InChI=1S/C8H3Cl2IN2/c9-7-6-4(11)2-1-3-5(6)12-8(10)13-7/h1-3H. The summed E-state index contributed by atoms with van der Waals surface area (Å²) in [6.45, 7) is 0. The minimum Gasteiger partial charge on any atom is -0.218 e. The third-order valence-corrected chi connectivity index (χ3v) is 2.94. The minimum absolute atomic E-state index is 0.180. The fraction of sp³-hybridized carbons (Fsp3) is 0. The van der Waals surface area contributed by atoms with Gasteiger partial charge in [0.2, 0.25) is 5.28 Å². The van der Waals surface area contributed by atoms with Gasteiger partial charge in [-0.05, 0) is 46.3 Å². The normalized spacial score (nSPS) is 10.7. The smallest absolute Gasteiger partial charge is 0.218 e. The van der Waals surface area contributed by atoms with E-state index in [2.05, 4.69) is 32.6 Å². The Kier molecular flexibility index (Phi) is 2.58. The molecular formula is C8H3Cl2IN2. The summed E-state index contributed by atoms with van der Waals surface area (Å²) >= 11 is 13.8. The molecule has 1 heterocycles. The number of aromatic nitrogens is 2. The maximum atomic E-state index is 5.93. The molecule has 0 bridgehead atoms. The van der Waals surface area contributed by atoms with Crippen molar-refractivity contribution in [2.75, 3.05) is 0 Å². The van der Waals surface area contributed by atoms with Crippen LogP contribution < -0.4 is 0 Å². The zero-order valence-electron chi connectivity index (χ0n) is 6.26. The number of benzene rings is 1. The fourth-order valence-corrected chi connectivity index (χ4v) is 2.47. The van der Waals surface area contributed by atoms with Crippen molar-refractivity contribution in [3.63, 3.8) is 0 Å². The van der Waals surface area contributed by atoms with Crippen molar-refractivity contribution in [2.45, 2.75) is 0 Å². The number of hydrogen-bond acceptors (Lipinski definition) is 2. The highest BCUT2D eigenvalue weighted by Crippen LogP contribution is 2.26. The number of rotatable bonds is 0. The molecule has 0 radical (unpaired) electrons. The zero-order chi connectivity index (χ0) is 9.42. The first-order chi connectivity index (χ1) is 6.18. The Labute approximate surface area is 98.4 Å². The molecular weight excluding hydrogens is 322 g/mol. The van der Waals surface area contributed by atoms with E-state index < -0.39 is 0 Å². The summed E-state index contributed by atoms with van der Waals surface area (Å²) in [6, 6.07) is 5.72. The van der Waals surface area contributed by atoms with Crippen molar-refractivity contribution in [2.24, 2.45) is 0 Å². The molecule has 0 spiro atoms. The van der Waals surface area contributed by atoms with Crippen molar-refractivity contribution in [1.82, 2.24) is 9.97 Å². The van der Waals surface area contributed by atoms with Crippen LogP contribution in [-0.2, 0) is 0 Å². The molecule has 2 nitrogen and oxygen atoms in total. The lowest BCUT2D eigenvalue weighted by Crippen LogP contribution is -1.88. The second kappa shape index (κ2) is 3.55. The van der Waals surface area contributed by atoms with Crippen LogP contribution in [0.25, 0.3) is 10.9 Å². The summed E-state index contributed by atoms with van der Waals surface area (Å²) in [5.74, 6) is 0. The molecule has 0 amide bonds. The average molecular weight is 325 g/mol. The van der Waals surface area contributed by atoms with Crippen molar-refractivity contribution in [3.05, 3.63) is 32.2 Å². The van der Waals surface area contributed by atoms with Crippen LogP contribution in [0.2, 0.25) is 10.4 Å². The topological polar surface area (TPSA) is 25.8 Å². The van der Waals surface area contributed by atoms with E-state index in [1.807, 2.05) is 18.2 Å². The van der Waals surface area contributed by atoms with Gasteiger partial charge >= 0.3 is 0 Å². The third kappa shape index (κ3) is 1.73. The van der Waals surface area contributed by atoms with Gasteiger partial charge in [0.25, 0.3) is 0 Å². The van der Waals surface area contributed by atoms with Gasteiger partial charge in [0, 0.05) is 3.57 Å². The van der Waals surface area contributed by atoms with Crippen molar-refractivity contribution >= 4 is 56.7 Å². The van der Waals surface area contributed by atoms with Gasteiger partial charge in [-0.1, -0.05) is 17.7 Å². The Morgan fingerprint density at radius 3 is 2.69 bits per heavy atom. The molecule has 13 heavy (non-hydrogen) atoms. The van der Waals surface area contributed by atoms with Gasteiger partial charge in [0.05, 0.1) is 10.9 Å². The molecule has 2 aromatic rings. The number of nitrogens with zero attached hydrogens (tertiary/aromatic N) is 2. The Morgan fingerprint density at radius 1 is 1.15 bits per heavy atom. The Bertz CT molecular complexity index is 473. The van der Waals surface area contributed by atoms with E-state index in [4.69, 9.17) is 23.2 Å². The summed E-state index contributed by atoms with van der Waals surface area (Å²) in [5, 5.41) is 1.44. The van der Waals surface area contributed by atoms with E-state index in [-0.39, 0.29) is 5.28 Å². The van der Waals surface area contributed by atoms with E-state index in [9.17, 15) is 0 Å². The third-order valence-electron chi connectivity index (χ3n) is 1.60. The van der Waals surface area contributed by atoms with Crippen molar-refractivity contribution in [3.8, 4) is 0 Å². The van der Waals surface area contributed by atoms with Gasteiger partial charge in [0.1, 0.15) is 5.15 Å². The van der Waals surface area contributed by atoms with Gasteiger partial charge in [-0.2, -0.15) is 0 Å². The molecule has 0 saturated heterocycles. The summed E-state index contributed by atoms with van der Waals surface area (Å²) in [7, 11) is 0. The van der Waals surface area contributed by atoms with Crippen LogP contribution in [-0.4, -0.2) is 9.97 Å². The highest BCUT2D eigenvalue weighted by Gasteiger charge is 2.06. The van der Waals surface area contributed by atoms with Gasteiger partial charge in [0.15, 0.2) is 0 Å². The van der Waals surface area contributed by atoms with Crippen LogP contribution >= 0.6 is 45.8 Å². The SMILES string of the molecule is Clc1nc(Cl)c2c(I)cccc2n1. The monoisotopic (exact) mass is 324 g/mol. The lowest BCUT2D eigenvalue weighted by molar-refractivity contribution is 1.22. The first kappa shape index (κ1) is 9.43. The van der Waals surface area contributed by atoms with Gasteiger partial charge < -0.3 is 0 Å². The highest BCUT2D eigenvalue weighted by molar-refractivity contribution is 14.1. The second-order valence-corrected chi connectivity index (χ2v) is 4.28. The zero-order valence-corrected chi connectivity index (χ0v) is 9.93. The minimum atomic E-state index is 0.180. The number of fused-ring (bicyclic) bond motifs is 1. The van der Waals surface area contributed by atoms with E-state index in [0.717, 1.165) is 14.5 Å². The predicted molar refractivity (Wildman–Crippen MR) is 62.3 cm³/mol. The average Bonchev–Trinajstić information content (AvgIpc) is 2.02. The first-order valence-electron chi connectivity index (χ1n) is 3.46. The van der Waals surface area contributed by atoms with Crippen LogP contribution in [0.5, 0.6) is 0 Å². The number of halogens is 3. The van der Waals surface area contributed by atoms with E-state index in [1.54, 1.807) is 0 Å².